The van der Waals surface area contributed by atoms with Gasteiger partial charge in [-0.2, -0.15) is 0 Å². The van der Waals surface area contributed by atoms with Crippen molar-refractivity contribution >= 4 is 50.6 Å². The number of rotatable bonds is 7. The normalized spacial score (nSPS) is 11.6. The highest BCUT2D eigenvalue weighted by atomic mass is 35.5. The second kappa shape index (κ2) is 13.2. The van der Waals surface area contributed by atoms with Crippen LogP contribution >= 0.6 is 22.9 Å². The number of nitrogens with zero attached hydrogens (tertiary/aromatic N) is 4. The molecular formula is C38H28ClN5O3S. The molecule has 7 aromatic rings. The molecule has 0 radical (unpaired) electrons. The quantitative estimate of drug-likeness (QED) is 0.178. The van der Waals surface area contributed by atoms with Crippen LogP contribution in [0.5, 0.6) is 5.75 Å². The number of pyridine rings is 2. The smallest absolute Gasteiger partial charge is 0.264 e. The van der Waals surface area contributed by atoms with Gasteiger partial charge in [-0.05, 0) is 54.3 Å². The third-order valence-electron chi connectivity index (χ3n) is 8.07. The summed E-state index contributed by atoms with van der Waals surface area (Å²) in [5.41, 5.74) is 2.75. The number of ether oxygens (including phenoxy) is 1. The molecule has 0 aliphatic rings. The highest BCUT2D eigenvalue weighted by Crippen LogP contribution is 2.34. The van der Waals surface area contributed by atoms with Crippen LogP contribution in [-0.2, 0) is 6.54 Å². The van der Waals surface area contributed by atoms with Crippen molar-refractivity contribution in [2.75, 3.05) is 12.4 Å². The first-order valence-electron chi connectivity index (χ1n) is 15.1. The molecule has 0 spiro atoms. The summed E-state index contributed by atoms with van der Waals surface area (Å²) in [6, 6.07) is 27.4. The lowest BCUT2D eigenvalue weighted by Gasteiger charge is -2.24. The molecule has 8 nitrogen and oxygen atoms in total. The minimum atomic E-state index is -0.566. The minimum Gasteiger partial charge on any atom is -0.497 e. The number of anilines is 1. The molecule has 1 N–H and O–H groups in total. The molecular weight excluding hydrogens is 642 g/mol. The molecule has 0 aliphatic heterocycles. The lowest BCUT2D eigenvalue weighted by Crippen LogP contribution is -2.27. The molecule has 0 unspecified atom stereocenters. The largest absolute Gasteiger partial charge is 0.497 e. The third kappa shape index (κ3) is 5.84. The molecule has 0 aliphatic carbocycles. The van der Waals surface area contributed by atoms with E-state index in [4.69, 9.17) is 16.3 Å². The molecule has 0 saturated carbocycles. The molecule has 236 valence electrons. The van der Waals surface area contributed by atoms with Crippen molar-refractivity contribution in [1.29, 1.82) is 0 Å². The Balaban J connectivity index is 1.35. The maximum atomic E-state index is 14.5. The van der Waals surface area contributed by atoms with Gasteiger partial charge in [-0.3, -0.25) is 14.2 Å². The lowest BCUT2D eigenvalue weighted by molar-refractivity contribution is 0.414. The van der Waals surface area contributed by atoms with Crippen LogP contribution in [0.1, 0.15) is 34.7 Å². The summed E-state index contributed by atoms with van der Waals surface area (Å²) in [5.74, 6) is 7.46. The number of nitrogens with one attached hydrogen (secondary N) is 1. The van der Waals surface area contributed by atoms with Gasteiger partial charge in [0, 0.05) is 35.4 Å². The standard InChI is InChI=1S/C38H28ClN5O3S/c1-24(42-36-33-31(45)19-20-43(37(33)41-23-40-36)22-25-13-16-28(47-2)17-14-25)35-34(39)30-12-6-8-26(15-18-29-11-7-21-48-29)32(30)38(46)44(35)27-9-4-3-5-10-27/h3-14,16-17,19-21,23-24H,22H2,1-2H3,(H,40,41,42)/t24-/m0/s1. The van der Waals surface area contributed by atoms with Crippen molar-refractivity contribution in [2.45, 2.75) is 19.5 Å². The number of hydrogen-bond donors (Lipinski definition) is 1. The van der Waals surface area contributed by atoms with Gasteiger partial charge in [-0.15, -0.1) is 11.3 Å². The van der Waals surface area contributed by atoms with Gasteiger partial charge in [-0.1, -0.05) is 72.0 Å². The van der Waals surface area contributed by atoms with E-state index in [2.05, 4.69) is 27.1 Å². The molecule has 1 atom stereocenters. The fourth-order valence-electron chi connectivity index (χ4n) is 5.79. The average molecular weight is 670 g/mol. The molecule has 10 heteroatoms. The zero-order chi connectivity index (χ0) is 33.2. The summed E-state index contributed by atoms with van der Waals surface area (Å²) in [6.07, 6.45) is 3.15. The molecule has 0 saturated heterocycles. The summed E-state index contributed by atoms with van der Waals surface area (Å²) in [7, 11) is 1.63. The number of halogens is 1. The third-order valence-corrected chi connectivity index (χ3v) is 9.25. The Morgan fingerprint density at radius 3 is 2.48 bits per heavy atom. The summed E-state index contributed by atoms with van der Waals surface area (Å²) < 4.78 is 8.80. The van der Waals surface area contributed by atoms with Crippen molar-refractivity contribution in [3.63, 3.8) is 0 Å². The molecule has 3 aromatic carbocycles. The molecule has 4 aromatic heterocycles. The summed E-state index contributed by atoms with van der Waals surface area (Å²) in [5, 5.41) is 7.10. The zero-order valence-electron chi connectivity index (χ0n) is 26.0. The van der Waals surface area contributed by atoms with Gasteiger partial charge in [0.2, 0.25) is 0 Å². The maximum Gasteiger partial charge on any atom is 0.264 e. The molecule has 7 rings (SSSR count). The van der Waals surface area contributed by atoms with Gasteiger partial charge in [0.15, 0.2) is 5.43 Å². The van der Waals surface area contributed by atoms with E-state index >= 15 is 0 Å². The van der Waals surface area contributed by atoms with Gasteiger partial charge in [0.25, 0.3) is 5.56 Å². The van der Waals surface area contributed by atoms with E-state index in [1.54, 1.807) is 17.9 Å². The van der Waals surface area contributed by atoms with Crippen molar-refractivity contribution in [1.82, 2.24) is 19.1 Å². The van der Waals surface area contributed by atoms with Gasteiger partial charge in [0.1, 0.15) is 28.9 Å². The maximum absolute atomic E-state index is 14.5. The van der Waals surface area contributed by atoms with Crippen LogP contribution in [0.25, 0.3) is 27.5 Å². The monoisotopic (exact) mass is 669 g/mol. The van der Waals surface area contributed by atoms with Crippen LogP contribution in [0.3, 0.4) is 0 Å². The van der Waals surface area contributed by atoms with Gasteiger partial charge < -0.3 is 14.6 Å². The number of hydrogen-bond acceptors (Lipinski definition) is 7. The van der Waals surface area contributed by atoms with Gasteiger partial charge >= 0.3 is 0 Å². The highest BCUT2D eigenvalue weighted by Gasteiger charge is 2.24. The van der Waals surface area contributed by atoms with E-state index in [0.29, 0.717) is 56.1 Å². The van der Waals surface area contributed by atoms with Crippen LogP contribution in [0, 0.1) is 11.8 Å². The van der Waals surface area contributed by atoms with E-state index in [-0.39, 0.29) is 11.0 Å². The van der Waals surface area contributed by atoms with Gasteiger partial charge in [-0.25, -0.2) is 9.97 Å². The lowest BCUT2D eigenvalue weighted by atomic mass is 10.0. The van der Waals surface area contributed by atoms with Crippen molar-refractivity contribution < 1.29 is 4.74 Å². The molecule has 0 bridgehead atoms. The fraction of sp³-hybridized carbons (Fsp3) is 0.105. The molecule has 4 heterocycles. The Morgan fingerprint density at radius 2 is 1.73 bits per heavy atom. The minimum absolute atomic E-state index is 0.231. The second-order valence-corrected chi connectivity index (χ2v) is 12.4. The fourth-order valence-corrected chi connectivity index (χ4v) is 6.77. The first kappa shape index (κ1) is 30.9. The molecule has 48 heavy (non-hydrogen) atoms. The number of aromatic nitrogens is 4. The van der Waals surface area contributed by atoms with Crippen LogP contribution in [0.4, 0.5) is 5.82 Å². The first-order valence-corrected chi connectivity index (χ1v) is 16.4. The second-order valence-electron chi connectivity index (χ2n) is 11.1. The molecule has 0 fully saturated rings. The summed E-state index contributed by atoms with van der Waals surface area (Å²) in [6.45, 7) is 2.37. The number of benzene rings is 3. The summed E-state index contributed by atoms with van der Waals surface area (Å²) >= 11 is 8.77. The van der Waals surface area contributed by atoms with E-state index < -0.39 is 6.04 Å². The Morgan fingerprint density at radius 1 is 0.917 bits per heavy atom. The van der Waals surface area contributed by atoms with Crippen LogP contribution in [0.15, 0.2) is 118 Å². The van der Waals surface area contributed by atoms with E-state index in [9.17, 15) is 9.59 Å². The summed E-state index contributed by atoms with van der Waals surface area (Å²) in [4.78, 5) is 37.7. The predicted octanol–water partition coefficient (Wildman–Crippen LogP) is 7.44. The average Bonchev–Trinajstić information content (AvgIpc) is 3.64. The Hall–Kier alpha value is -5.69. The number of fused-ring (bicyclic) bond motifs is 2. The van der Waals surface area contributed by atoms with Crippen molar-refractivity contribution in [2.24, 2.45) is 0 Å². The van der Waals surface area contributed by atoms with Crippen LogP contribution in [0.2, 0.25) is 5.02 Å². The van der Waals surface area contributed by atoms with E-state index in [1.165, 1.54) is 23.7 Å². The van der Waals surface area contributed by atoms with Gasteiger partial charge in [0.05, 0.1) is 34.1 Å². The van der Waals surface area contributed by atoms with Crippen LogP contribution < -0.4 is 21.0 Å². The number of methoxy groups -OCH3 is 1. The molecule has 0 amide bonds. The van der Waals surface area contributed by atoms with E-state index in [0.717, 1.165) is 16.2 Å². The SMILES string of the molecule is COc1ccc(Cn2ccc(=O)c3c(N[C@@H](C)c4c(Cl)c5cccc(C#Cc6cccs6)c5c(=O)n4-c4ccccc4)ncnc32)cc1. The Labute approximate surface area is 284 Å². The van der Waals surface area contributed by atoms with Crippen LogP contribution in [-0.4, -0.2) is 26.2 Å². The van der Waals surface area contributed by atoms with Crippen molar-refractivity contribution in [3.05, 3.63) is 156 Å². The Kier molecular flexibility index (Phi) is 8.51. The predicted molar refractivity (Wildman–Crippen MR) is 193 cm³/mol. The van der Waals surface area contributed by atoms with E-state index in [1.807, 2.05) is 102 Å². The topological polar surface area (TPSA) is 91.0 Å². The first-order chi connectivity index (χ1) is 23.4. The highest BCUT2D eigenvalue weighted by molar-refractivity contribution is 7.10. The zero-order valence-corrected chi connectivity index (χ0v) is 27.5. The number of thiophene rings is 1. The Bertz CT molecular complexity index is 2460. The van der Waals surface area contributed by atoms with Crippen molar-refractivity contribution in [3.8, 4) is 23.3 Å². The number of para-hydroxylation sites is 1.